The molecule has 0 aliphatic rings. The first-order valence-corrected chi connectivity index (χ1v) is 5.92. The second kappa shape index (κ2) is 6.12. The minimum absolute atomic E-state index is 0.0754. The van der Waals surface area contributed by atoms with Crippen LogP contribution in [0.25, 0.3) is 0 Å². The lowest BCUT2D eigenvalue weighted by Crippen LogP contribution is -2.39. The van der Waals surface area contributed by atoms with Crippen LogP contribution in [0.15, 0.2) is 24.3 Å². The topological polar surface area (TPSA) is 21.3 Å². The fourth-order valence-corrected chi connectivity index (χ4v) is 1.64. The van der Waals surface area contributed by atoms with Crippen molar-refractivity contribution in [3.63, 3.8) is 0 Å². The van der Waals surface area contributed by atoms with Crippen molar-refractivity contribution in [2.24, 2.45) is 0 Å². The van der Waals surface area contributed by atoms with E-state index in [-0.39, 0.29) is 17.3 Å². The van der Waals surface area contributed by atoms with E-state index in [1.165, 1.54) is 12.1 Å². The van der Waals surface area contributed by atoms with Gasteiger partial charge >= 0.3 is 0 Å². The highest BCUT2D eigenvalue weighted by Crippen LogP contribution is 2.17. The summed E-state index contributed by atoms with van der Waals surface area (Å²) in [5.41, 5.74) is 1.18. The fraction of sp³-hybridized carbons (Fsp3) is 0.571. The van der Waals surface area contributed by atoms with E-state index in [2.05, 4.69) is 26.1 Å². The first-order valence-electron chi connectivity index (χ1n) is 5.92. The fourth-order valence-electron chi connectivity index (χ4n) is 1.64. The van der Waals surface area contributed by atoms with E-state index >= 15 is 0 Å². The molecule has 0 aromatic heterocycles. The highest BCUT2D eigenvalue weighted by Gasteiger charge is 2.15. The molecular weight excluding hydrogens is 217 g/mol. The maximum absolute atomic E-state index is 12.9. The van der Waals surface area contributed by atoms with Crippen molar-refractivity contribution in [3.05, 3.63) is 35.6 Å². The standard InChI is InChI=1S/C14H22FNO/c1-14(2,3)16-9-12(10-17-4)11-5-7-13(15)8-6-11/h5-8,12,16H,9-10H2,1-4H3. The molecule has 96 valence electrons. The van der Waals surface area contributed by atoms with Gasteiger partial charge in [0.05, 0.1) is 6.61 Å². The zero-order valence-electron chi connectivity index (χ0n) is 11.1. The Labute approximate surface area is 103 Å². The number of hydrogen-bond donors (Lipinski definition) is 1. The Balaban J connectivity index is 2.68. The molecule has 1 rings (SSSR count). The predicted octanol–water partition coefficient (Wildman–Crippen LogP) is 2.94. The van der Waals surface area contributed by atoms with Crippen LogP contribution in [0.3, 0.4) is 0 Å². The number of nitrogens with one attached hydrogen (secondary N) is 1. The second-order valence-electron chi connectivity index (χ2n) is 5.33. The van der Waals surface area contributed by atoms with E-state index in [1.807, 2.05) is 12.1 Å². The maximum atomic E-state index is 12.9. The lowest BCUT2D eigenvalue weighted by molar-refractivity contribution is 0.174. The summed E-state index contributed by atoms with van der Waals surface area (Å²) in [4.78, 5) is 0. The molecule has 0 bridgehead atoms. The number of methoxy groups -OCH3 is 1. The molecule has 3 heteroatoms. The van der Waals surface area contributed by atoms with Gasteiger partial charge in [0.1, 0.15) is 5.82 Å². The van der Waals surface area contributed by atoms with Crippen LogP contribution in [-0.2, 0) is 4.74 Å². The van der Waals surface area contributed by atoms with Crippen molar-refractivity contribution in [1.29, 1.82) is 0 Å². The first kappa shape index (κ1) is 14.1. The molecule has 2 nitrogen and oxygen atoms in total. The quantitative estimate of drug-likeness (QED) is 0.853. The van der Waals surface area contributed by atoms with E-state index in [1.54, 1.807) is 7.11 Å². The molecule has 0 fully saturated rings. The summed E-state index contributed by atoms with van der Waals surface area (Å²) in [7, 11) is 1.69. The van der Waals surface area contributed by atoms with Gasteiger partial charge in [0.25, 0.3) is 0 Å². The van der Waals surface area contributed by atoms with Crippen LogP contribution in [0.5, 0.6) is 0 Å². The highest BCUT2D eigenvalue weighted by molar-refractivity contribution is 5.21. The molecule has 0 saturated heterocycles. The van der Waals surface area contributed by atoms with Crippen LogP contribution < -0.4 is 5.32 Å². The zero-order chi connectivity index (χ0) is 12.9. The van der Waals surface area contributed by atoms with Crippen LogP contribution in [0.4, 0.5) is 4.39 Å². The Morgan fingerprint density at radius 3 is 2.29 bits per heavy atom. The molecule has 0 aliphatic carbocycles. The van der Waals surface area contributed by atoms with Gasteiger partial charge in [-0.3, -0.25) is 0 Å². The number of ether oxygens (including phenoxy) is 1. The van der Waals surface area contributed by atoms with Gasteiger partial charge in [-0.2, -0.15) is 0 Å². The van der Waals surface area contributed by atoms with Crippen molar-refractivity contribution in [2.45, 2.75) is 32.2 Å². The molecule has 0 saturated carbocycles. The minimum atomic E-state index is -0.200. The summed E-state index contributed by atoms with van der Waals surface area (Å²) in [6.07, 6.45) is 0. The number of halogens is 1. The average molecular weight is 239 g/mol. The monoisotopic (exact) mass is 239 g/mol. The summed E-state index contributed by atoms with van der Waals surface area (Å²) in [6.45, 7) is 7.84. The Kier molecular flexibility index (Phi) is 5.09. The molecule has 1 N–H and O–H groups in total. The molecule has 1 aromatic carbocycles. The van der Waals surface area contributed by atoms with Gasteiger partial charge in [0.2, 0.25) is 0 Å². The lowest BCUT2D eigenvalue weighted by Gasteiger charge is -2.25. The van der Waals surface area contributed by atoms with Crippen LogP contribution >= 0.6 is 0 Å². The summed E-state index contributed by atoms with van der Waals surface area (Å²) < 4.78 is 18.1. The molecule has 0 radical (unpaired) electrons. The van der Waals surface area contributed by atoms with E-state index in [9.17, 15) is 4.39 Å². The molecule has 0 spiro atoms. The SMILES string of the molecule is COCC(CNC(C)(C)C)c1ccc(F)cc1. The number of benzene rings is 1. The lowest BCUT2D eigenvalue weighted by atomic mass is 9.98. The summed E-state index contributed by atoms with van der Waals surface area (Å²) in [6, 6.07) is 6.64. The molecule has 1 unspecified atom stereocenters. The van der Waals surface area contributed by atoms with Crippen molar-refractivity contribution in [1.82, 2.24) is 5.32 Å². The van der Waals surface area contributed by atoms with E-state index in [0.29, 0.717) is 6.61 Å². The smallest absolute Gasteiger partial charge is 0.123 e. The number of hydrogen-bond acceptors (Lipinski definition) is 2. The van der Waals surface area contributed by atoms with Crippen molar-refractivity contribution in [2.75, 3.05) is 20.3 Å². The van der Waals surface area contributed by atoms with Crippen molar-refractivity contribution >= 4 is 0 Å². The third kappa shape index (κ3) is 5.29. The van der Waals surface area contributed by atoms with Gasteiger partial charge in [-0.25, -0.2) is 4.39 Å². The van der Waals surface area contributed by atoms with Gasteiger partial charge in [-0.1, -0.05) is 12.1 Å². The van der Waals surface area contributed by atoms with Gasteiger partial charge in [-0.15, -0.1) is 0 Å². The Bertz CT molecular complexity index is 329. The molecular formula is C14H22FNO. The summed E-state index contributed by atoms with van der Waals surface area (Å²) in [5.74, 6) is 0.0496. The van der Waals surface area contributed by atoms with Crippen LogP contribution in [0.2, 0.25) is 0 Å². The Morgan fingerprint density at radius 2 is 1.82 bits per heavy atom. The average Bonchev–Trinajstić information content (AvgIpc) is 2.24. The van der Waals surface area contributed by atoms with Gasteiger partial charge < -0.3 is 10.1 Å². The second-order valence-corrected chi connectivity index (χ2v) is 5.33. The predicted molar refractivity (Wildman–Crippen MR) is 68.8 cm³/mol. The first-order chi connectivity index (χ1) is 7.92. The third-order valence-electron chi connectivity index (χ3n) is 2.59. The van der Waals surface area contributed by atoms with Crippen molar-refractivity contribution in [3.8, 4) is 0 Å². The zero-order valence-corrected chi connectivity index (χ0v) is 11.1. The van der Waals surface area contributed by atoms with E-state index in [0.717, 1.165) is 12.1 Å². The summed E-state index contributed by atoms with van der Waals surface area (Å²) >= 11 is 0. The van der Waals surface area contributed by atoms with Crippen LogP contribution in [-0.4, -0.2) is 25.8 Å². The molecule has 0 aliphatic heterocycles. The molecule has 0 amide bonds. The number of rotatable bonds is 5. The maximum Gasteiger partial charge on any atom is 0.123 e. The molecule has 1 aromatic rings. The van der Waals surface area contributed by atoms with E-state index < -0.39 is 0 Å². The van der Waals surface area contributed by atoms with Gasteiger partial charge in [0, 0.05) is 25.1 Å². The molecule has 17 heavy (non-hydrogen) atoms. The van der Waals surface area contributed by atoms with Crippen molar-refractivity contribution < 1.29 is 9.13 Å². The third-order valence-corrected chi connectivity index (χ3v) is 2.59. The van der Waals surface area contributed by atoms with Crippen LogP contribution in [0, 0.1) is 5.82 Å². The molecule has 1 atom stereocenters. The van der Waals surface area contributed by atoms with Crippen LogP contribution in [0.1, 0.15) is 32.3 Å². The van der Waals surface area contributed by atoms with Gasteiger partial charge in [0.15, 0.2) is 0 Å². The minimum Gasteiger partial charge on any atom is -0.384 e. The summed E-state index contributed by atoms with van der Waals surface area (Å²) in [5, 5.41) is 3.45. The normalized spacial score (nSPS) is 13.7. The Morgan fingerprint density at radius 1 is 1.24 bits per heavy atom. The highest BCUT2D eigenvalue weighted by atomic mass is 19.1. The van der Waals surface area contributed by atoms with Gasteiger partial charge in [-0.05, 0) is 38.5 Å². The van der Waals surface area contributed by atoms with E-state index in [4.69, 9.17) is 4.74 Å². The molecule has 0 heterocycles. The largest absolute Gasteiger partial charge is 0.384 e. The Hall–Kier alpha value is -0.930.